The summed E-state index contributed by atoms with van der Waals surface area (Å²) in [6.07, 6.45) is 5.79. The molecular formula is C23H18ClN5O. The first kappa shape index (κ1) is 18.3. The van der Waals surface area contributed by atoms with Crippen LogP contribution in [0.1, 0.15) is 5.56 Å². The number of carbonyl (C=O) groups excluding carboxylic acids is 1. The molecule has 0 aliphatic heterocycles. The van der Waals surface area contributed by atoms with Crippen molar-refractivity contribution < 1.29 is 4.79 Å². The van der Waals surface area contributed by atoms with Gasteiger partial charge in [0.05, 0.1) is 21.9 Å². The lowest BCUT2D eigenvalue weighted by atomic mass is 10.2. The summed E-state index contributed by atoms with van der Waals surface area (Å²) >= 11 is 6.13. The molecule has 0 saturated heterocycles. The third-order valence-electron chi connectivity index (χ3n) is 5.06. The molecule has 0 saturated carbocycles. The van der Waals surface area contributed by atoms with E-state index in [1.54, 1.807) is 18.3 Å². The molecule has 0 aliphatic rings. The van der Waals surface area contributed by atoms with Crippen LogP contribution < -0.4 is 10.6 Å². The number of urea groups is 1. The number of amides is 2. The van der Waals surface area contributed by atoms with Gasteiger partial charge >= 0.3 is 6.03 Å². The fourth-order valence-corrected chi connectivity index (χ4v) is 3.82. The third-order valence-corrected chi connectivity index (χ3v) is 5.39. The molecule has 3 heterocycles. The van der Waals surface area contributed by atoms with Crippen LogP contribution in [0.25, 0.3) is 21.9 Å². The summed E-state index contributed by atoms with van der Waals surface area (Å²) in [4.78, 5) is 20.1. The summed E-state index contributed by atoms with van der Waals surface area (Å²) in [7, 11) is 0. The number of anilines is 2. The van der Waals surface area contributed by atoms with Crippen LogP contribution in [0.3, 0.4) is 0 Å². The number of halogens is 1. The molecule has 30 heavy (non-hydrogen) atoms. The SMILES string of the molecule is O=C(Nc1ccccc1Cl)Nc1cccc2c1ccn2Cc1c[nH]c2ncccc12. The van der Waals surface area contributed by atoms with E-state index in [4.69, 9.17) is 11.6 Å². The molecule has 0 bridgehead atoms. The number of fused-ring (bicyclic) bond motifs is 2. The Hall–Kier alpha value is -3.77. The molecule has 5 aromatic rings. The summed E-state index contributed by atoms with van der Waals surface area (Å²) < 4.78 is 2.15. The Balaban J connectivity index is 1.41. The number of hydrogen-bond donors (Lipinski definition) is 3. The van der Waals surface area contributed by atoms with Crippen molar-refractivity contribution in [1.82, 2.24) is 14.5 Å². The van der Waals surface area contributed by atoms with Gasteiger partial charge in [-0.25, -0.2) is 9.78 Å². The van der Waals surface area contributed by atoms with E-state index in [0.29, 0.717) is 17.3 Å². The van der Waals surface area contributed by atoms with Gasteiger partial charge in [-0.3, -0.25) is 0 Å². The first-order valence-corrected chi connectivity index (χ1v) is 9.88. The van der Waals surface area contributed by atoms with Gasteiger partial charge in [0.25, 0.3) is 0 Å². The van der Waals surface area contributed by atoms with Crippen LogP contribution in [0, 0.1) is 0 Å². The zero-order chi connectivity index (χ0) is 20.5. The number of aromatic amines is 1. The van der Waals surface area contributed by atoms with Crippen LogP contribution in [-0.4, -0.2) is 20.6 Å². The predicted molar refractivity (Wildman–Crippen MR) is 121 cm³/mol. The van der Waals surface area contributed by atoms with E-state index >= 15 is 0 Å². The molecule has 3 aromatic heterocycles. The average Bonchev–Trinajstić information content (AvgIpc) is 3.35. The Morgan fingerprint density at radius 3 is 2.70 bits per heavy atom. The van der Waals surface area contributed by atoms with Crippen molar-refractivity contribution in [3.8, 4) is 0 Å². The van der Waals surface area contributed by atoms with Gasteiger partial charge in [0, 0.05) is 35.9 Å². The van der Waals surface area contributed by atoms with Gasteiger partial charge in [-0.15, -0.1) is 0 Å². The van der Waals surface area contributed by atoms with Gasteiger partial charge in [0.1, 0.15) is 5.65 Å². The monoisotopic (exact) mass is 415 g/mol. The number of pyridine rings is 1. The lowest BCUT2D eigenvalue weighted by Crippen LogP contribution is -2.19. The minimum atomic E-state index is -0.342. The van der Waals surface area contributed by atoms with E-state index in [1.807, 2.05) is 54.9 Å². The summed E-state index contributed by atoms with van der Waals surface area (Å²) in [5.41, 5.74) is 4.36. The van der Waals surface area contributed by atoms with Gasteiger partial charge < -0.3 is 20.2 Å². The van der Waals surface area contributed by atoms with Crippen molar-refractivity contribution in [2.24, 2.45) is 0 Å². The normalized spacial score (nSPS) is 11.1. The second-order valence-corrected chi connectivity index (χ2v) is 7.36. The number of benzene rings is 2. The molecule has 5 rings (SSSR count). The zero-order valence-corrected chi connectivity index (χ0v) is 16.6. The van der Waals surface area contributed by atoms with Crippen molar-refractivity contribution in [1.29, 1.82) is 0 Å². The molecule has 148 valence electrons. The highest BCUT2D eigenvalue weighted by Gasteiger charge is 2.11. The van der Waals surface area contributed by atoms with Crippen LogP contribution in [0.5, 0.6) is 0 Å². The van der Waals surface area contributed by atoms with Gasteiger partial charge in [-0.05, 0) is 48.0 Å². The van der Waals surface area contributed by atoms with Crippen molar-refractivity contribution in [3.63, 3.8) is 0 Å². The maximum Gasteiger partial charge on any atom is 0.323 e. The van der Waals surface area contributed by atoms with Gasteiger partial charge in [0.15, 0.2) is 0 Å². The van der Waals surface area contributed by atoms with Crippen molar-refractivity contribution >= 4 is 50.9 Å². The van der Waals surface area contributed by atoms with Crippen LogP contribution in [0.4, 0.5) is 16.2 Å². The van der Waals surface area contributed by atoms with Gasteiger partial charge in [0.2, 0.25) is 0 Å². The molecule has 0 unspecified atom stereocenters. The molecule has 3 N–H and O–H groups in total. The number of nitrogens with one attached hydrogen (secondary N) is 3. The molecule has 0 atom stereocenters. The van der Waals surface area contributed by atoms with Crippen LogP contribution in [-0.2, 0) is 6.54 Å². The minimum absolute atomic E-state index is 0.342. The lowest BCUT2D eigenvalue weighted by molar-refractivity contribution is 0.262. The Bertz CT molecular complexity index is 1370. The number of hydrogen-bond acceptors (Lipinski definition) is 2. The average molecular weight is 416 g/mol. The molecule has 7 heteroatoms. The minimum Gasteiger partial charge on any atom is -0.346 e. The fourth-order valence-electron chi connectivity index (χ4n) is 3.64. The number of carbonyl (C=O) groups is 1. The van der Waals surface area contributed by atoms with E-state index in [9.17, 15) is 4.79 Å². The number of aromatic nitrogens is 3. The number of nitrogens with zero attached hydrogens (tertiary/aromatic N) is 2. The second-order valence-electron chi connectivity index (χ2n) is 6.95. The van der Waals surface area contributed by atoms with E-state index in [0.717, 1.165) is 33.2 Å². The summed E-state index contributed by atoms with van der Waals surface area (Å²) in [5, 5.41) is 8.27. The molecule has 6 nitrogen and oxygen atoms in total. The van der Waals surface area contributed by atoms with E-state index in [-0.39, 0.29) is 6.03 Å². The van der Waals surface area contributed by atoms with E-state index in [1.165, 1.54) is 0 Å². The van der Waals surface area contributed by atoms with E-state index < -0.39 is 0 Å². The van der Waals surface area contributed by atoms with E-state index in [2.05, 4.69) is 31.2 Å². The predicted octanol–water partition coefficient (Wildman–Crippen LogP) is 5.86. The number of para-hydroxylation sites is 1. The summed E-state index contributed by atoms with van der Waals surface area (Å²) in [6.45, 7) is 0.699. The van der Waals surface area contributed by atoms with Crippen molar-refractivity contribution in [2.75, 3.05) is 10.6 Å². The van der Waals surface area contributed by atoms with Crippen LogP contribution >= 0.6 is 11.6 Å². The molecule has 2 amide bonds. The molecule has 0 fully saturated rings. The summed E-state index contributed by atoms with van der Waals surface area (Å²) in [6, 6.07) is 18.7. The first-order valence-electron chi connectivity index (χ1n) is 9.50. The van der Waals surface area contributed by atoms with Crippen LogP contribution in [0.2, 0.25) is 5.02 Å². The molecule has 0 aliphatic carbocycles. The largest absolute Gasteiger partial charge is 0.346 e. The highest BCUT2D eigenvalue weighted by molar-refractivity contribution is 6.33. The van der Waals surface area contributed by atoms with Crippen molar-refractivity contribution in [2.45, 2.75) is 6.54 Å². The quantitative estimate of drug-likeness (QED) is 0.343. The number of H-pyrrole nitrogens is 1. The highest BCUT2D eigenvalue weighted by Crippen LogP contribution is 2.27. The third kappa shape index (κ3) is 3.38. The maximum absolute atomic E-state index is 12.5. The maximum atomic E-state index is 12.5. The Labute approximate surface area is 177 Å². The highest BCUT2D eigenvalue weighted by atomic mass is 35.5. The topological polar surface area (TPSA) is 74.7 Å². The Morgan fingerprint density at radius 1 is 0.967 bits per heavy atom. The van der Waals surface area contributed by atoms with Gasteiger partial charge in [-0.2, -0.15) is 0 Å². The fraction of sp³-hybridized carbons (Fsp3) is 0.0435. The van der Waals surface area contributed by atoms with Gasteiger partial charge in [-0.1, -0.05) is 29.8 Å². The molecule has 2 aromatic carbocycles. The standard InChI is InChI=1S/C23H18ClN5O/c24-18-6-1-2-7-20(18)28-23(30)27-19-8-3-9-21-17(19)10-12-29(21)14-15-13-26-22-16(15)5-4-11-25-22/h1-13H,14H2,(H,25,26)(H2,27,28,30). The van der Waals surface area contributed by atoms with Crippen LogP contribution in [0.15, 0.2) is 79.3 Å². The first-order chi connectivity index (χ1) is 14.7. The molecule has 0 radical (unpaired) electrons. The second kappa shape index (κ2) is 7.57. The Kier molecular flexibility index (Phi) is 4.61. The zero-order valence-electron chi connectivity index (χ0n) is 15.9. The lowest BCUT2D eigenvalue weighted by Gasteiger charge is -2.10. The molecular weight excluding hydrogens is 398 g/mol. The molecule has 0 spiro atoms. The Morgan fingerprint density at radius 2 is 1.80 bits per heavy atom. The smallest absolute Gasteiger partial charge is 0.323 e. The summed E-state index contributed by atoms with van der Waals surface area (Å²) in [5.74, 6) is 0. The van der Waals surface area contributed by atoms with Crippen molar-refractivity contribution in [3.05, 3.63) is 89.8 Å². The number of rotatable bonds is 4.